The summed E-state index contributed by atoms with van der Waals surface area (Å²) >= 11 is 0. The normalized spacial score (nSPS) is 16.3. The van der Waals surface area contributed by atoms with Gasteiger partial charge in [-0.05, 0) is 19.8 Å². The van der Waals surface area contributed by atoms with Crippen molar-refractivity contribution >= 4 is 0 Å². The van der Waals surface area contributed by atoms with Gasteiger partial charge in [-0.25, -0.2) is 0 Å². The van der Waals surface area contributed by atoms with Gasteiger partial charge >= 0.3 is 0 Å². The van der Waals surface area contributed by atoms with E-state index in [1.165, 1.54) is 44.9 Å². The van der Waals surface area contributed by atoms with Crippen LogP contribution < -0.4 is 0 Å². The third-order valence-corrected chi connectivity index (χ3v) is 4.09. The molecule has 0 aliphatic carbocycles. The lowest BCUT2D eigenvalue weighted by atomic mass is 9.89. The summed E-state index contributed by atoms with van der Waals surface area (Å²) in [6, 6.07) is 0. The van der Waals surface area contributed by atoms with E-state index in [0.717, 1.165) is 32.1 Å². The molecule has 0 bridgehead atoms. The van der Waals surface area contributed by atoms with Crippen molar-refractivity contribution in [3.8, 4) is 0 Å². The minimum absolute atomic E-state index is 0.555. The van der Waals surface area contributed by atoms with Gasteiger partial charge in [-0.3, -0.25) is 0 Å². The van der Waals surface area contributed by atoms with Crippen molar-refractivity contribution in [2.24, 2.45) is 0 Å². The Morgan fingerprint density at radius 2 is 1.26 bits per heavy atom. The van der Waals surface area contributed by atoms with Crippen molar-refractivity contribution in [3.05, 3.63) is 0 Å². The van der Waals surface area contributed by atoms with Crippen LogP contribution in [0.2, 0.25) is 0 Å². The fourth-order valence-electron chi connectivity index (χ4n) is 2.51. The number of unbranched alkanes of at least 4 members (excludes halogenated alkanes) is 8. The van der Waals surface area contributed by atoms with E-state index in [2.05, 4.69) is 13.8 Å². The molecule has 0 saturated carbocycles. The molecule has 2 atom stereocenters. The summed E-state index contributed by atoms with van der Waals surface area (Å²) in [6.45, 7) is 6.20. The number of aliphatic hydroxyl groups is 2. The second-order valence-corrected chi connectivity index (χ2v) is 6.24. The smallest absolute Gasteiger partial charge is 0.0877 e. The average molecular weight is 272 g/mol. The van der Waals surface area contributed by atoms with Crippen LogP contribution in [0.5, 0.6) is 0 Å². The van der Waals surface area contributed by atoms with Gasteiger partial charge in [0.15, 0.2) is 0 Å². The zero-order valence-electron chi connectivity index (χ0n) is 13.5. The first-order valence-electron chi connectivity index (χ1n) is 8.45. The van der Waals surface area contributed by atoms with E-state index in [-0.39, 0.29) is 0 Å². The van der Waals surface area contributed by atoms with E-state index in [0.29, 0.717) is 0 Å². The van der Waals surface area contributed by atoms with Crippen LogP contribution in [0.1, 0.15) is 97.8 Å². The molecule has 116 valence electrons. The summed E-state index contributed by atoms with van der Waals surface area (Å²) in [7, 11) is 0. The monoisotopic (exact) mass is 272 g/mol. The number of aliphatic hydroxyl groups excluding tert-OH is 1. The summed E-state index contributed by atoms with van der Waals surface area (Å²) < 4.78 is 0. The van der Waals surface area contributed by atoms with E-state index in [1.54, 1.807) is 6.92 Å². The van der Waals surface area contributed by atoms with Gasteiger partial charge in [0.05, 0.1) is 11.7 Å². The molecule has 0 fully saturated rings. The first kappa shape index (κ1) is 18.9. The molecular weight excluding hydrogens is 236 g/mol. The molecule has 2 unspecified atom stereocenters. The highest BCUT2D eigenvalue weighted by molar-refractivity contribution is 4.81. The predicted molar refractivity (Wildman–Crippen MR) is 83.4 cm³/mol. The molecule has 2 nitrogen and oxygen atoms in total. The fourth-order valence-corrected chi connectivity index (χ4v) is 2.51. The van der Waals surface area contributed by atoms with Gasteiger partial charge in [0.1, 0.15) is 0 Å². The summed E-state index contributed by atoms with van der Waals surface area (Å²) in [5.41, 5.74) is -0.892. The molecular formula is C17H36O2. The Balaban J connectivity index is 3.62. The lowest BCUT2D eigenvalue weighted by molar-refractivity contribution is -0.0721. The first-order chi connectivity index (χ1) is 9.04. The average Bonchev–Trinajstić information content (AvgIpc) is 2.38. The SMILES string of the molecule is CCCCCCCCC(O)C(C)(O)CCCCCC. The molecule has 0 aliphatic heterocycles. The van der Waals surface area contributed by atoms with Crippen LogP contribution in [0.15, 0.2) is 0 Å². The quantitative estimate of drug-likeness (QED) is 0.472. The summed E-state index contributed by atoms with van der Waals surface area (Å²) in [5.74, 6) is 0. The molecule has 19 heavy (non-hydrogen) atoms. The Labute approximate surface area is 120 Å². The molecule has 0 aromatic carbocycles. The largest absolute Gasteiger partial charge is 0.390 e. The van der Waals surface area contributed by atoms with Crippen LogP contribution in [0.3, 0.4) is 0 Å². The number of hydrogen-bond donors (Lipinski definition) is 2. The Morgan fingerprint density at radius 3 is 1.84 bits per heavy atom. The van der Waals surface area contributed by atoms with Crippen LogP contribution in [0.4, 0.5) is 0 Å². The van der Waals surface area contributed by atoms with Gasteiger partial charge in [-0.15, -0.1) is 0 Å². The van der Waals surface area contributed by atoms with E-state index in [1.807, 2.05) is 0 Å². The third-order valence-electron chi connectivity index (χ3n) is 4.09. The Morgan fingerprint density at radius 1 is 0.789 bits per heavy atom. The molecule has 0 aromatic rings. The molecule has 0 amide bonds. The van der Waals surface area contributed by atoms with Gasteiger partial charge in [-0.2, -0.15) is 0 Å². The molecule has 0 rings (SSSR count). The lowest BCUT2D eigenvalue weighted by Crippen LogP contribution is -2.39. The van der Waals surface area contributed by atoms with Crippen molar-refractivity contribution in [3.63, 3.8) is 0 Å². The molecule has 0 aliphatic rings. The second-order valence-electron chi connectivity index (χ2n) is 6.24. The topological polar surface area (TPSA) is 40.5 Å². The minimum atomic E-state index is -0.892. The van der Waals surface area contributed by atoms with E-state index in [9.17, 15) is 10.2 Å². The molecule has 0 radical (unpaired) electrons. The second kappa shape index (κ2) is 11.7. The number of rotatable bonds is 13. The van der Waals surface area contributed by atoms with Gasteiger partial charge in [0.2, 0.25) is 0 Å². The first-order valence-corrected chi connectivity index (χ1v) is 8.45. The zero-order chi connectivity index (χ0) is 14.6. The van der Waals surface area contributed by atoms with E-state index in [4.69, 9.17) is 0 Å². The Hall–Kier alpha value is -0.0800. The van der Waals surface area contributed by atoms with Crippen molar-refractivity contribution in [1.29, 1.82) is 0 Å². The maximum absolute atomic E-state index is 10.3. The molecule has 2 N–H and O–H groups in total. The zero-order valence-corrected chi connectivity index (χ0v) is 13.5. The Bertz CT molecular complexity index is 190. The molecule has 0 saturated heterocycles. The van der Waals surface area contributed by atoms with Crippen molar-refractivity contribution in [2.45, 2.75) is 110 Å². The highest BCUT2D eigenvalue weighted by atomic mass is 16.3. The molecule has 0 heterocycles. The van der Waals surface area contributed by atoms with E-state index < -0.39 is 11.7 Å². The molecule has 0 spiro atoms. The summed E-state index contributed by atoms with van der Waals surface area (Å²) in [5, 5.41) is 20.4. The Kier molecular flexibility index (Phi) is 11.7. The standard InChI is InChI=1S/C17H36O2/c1-4-6-8-10-11-12-14-16(18)17(3,19)15-13-9-7-5-2/h16,18-19H,4-15H2,1-3H3. The van der Waals surface area contributed by atoms with Crippen molar-refractivity contribution in [2.75, 3.05) is 0 Å². The van der Waals surface area contributed by atoms with Crippen LogP contribution >= 0.6 is 0 Å². The van der Waals surface area contributed by atoms with Gasteiger partial charge in [0.25, 0.3) is 0 Å². The van der Waals surface area contributed by atoms with E-state index >= 15 is 0 Å². The highest BCUT2D eigenvalue weighted by Crippen LogP contribution is 2.23. The van der Waals surface area contributed by atoms with Gasteiger partial charge in [0, 0.05) is 0 Å². The maximum atomic E-state index is 10.3. The molecule has 2 heteroatoms. The molecule has 0 aromatic heterocycles. The number of hydrogen-bond acceptors (Lipinski definition) is 2. The van der Waals surface area contributed by atoms with Crippen molar-refractivity contribution in [1.82, 2.24) is 0 Å². The van der Waals surface area contributed by atoms with Crippen LogP contribution in [-0.2, 0) is 0 Å². The van der Waals surface area contributed by atoms with Crippen LogP contribution in [0.25, 0.3) is 0 Å². The maximum Gasteiger partial charge on any atom is 0.0877 e. The highest BCUT2D eigenvalue weighted by Gasteiger charge is 2.28. The van der Waals surface area contributed by atoms with Crippen LogP contribution in [-0.4, -0.2) is 21.9 Å². The fraction of sp³-hybridized carbons (Fsp3) is 1.00. The third kappa shape index (κ3) is 10.4. The summed E-state index contributed by atoms with van der Waals surface area (Å²) in [4.78, 5) is 0. The minimum Gasteiger partial charge on any atom is -0.390 e. The summed E-state index contributed by atoms with van der Waals surface area (Å²) in [6.07, 6.45) is 12.9. The lowest BCUT2D eigenvalue weighted by Gasteiger charge is -2.29. The van der Waals surface area contributed by atoms with Gasteiger partial charge < -0.3 is 10.2 Å². The van der Waals surface area contributed by atoms with Crippen molar-refractivity contribution < 1.29 is 10.2 Å². The van der Waals surface area contributed by atoms with Gasteiger partial charge in [-0.1, -0.05) is 78.1 Å². The predicted octanol–water partition coefficient (Wildman–Crippen LogP) is 4.82. The van der Waals surface area contributed by atoms with Crippen LogP contribution in [0, 0.1) is 0 Å².